The highest BCUT2D eigenvalue weighted by atomic mass is 35.5. The Labute approximate surface area is 237 Å². The minimum absolute atomic E-state index is 0.0368. The second kappa shape index (κ2) is 11.2. The molecule has 0 spiro atoms. The van der Waals surface area contributed by atoms with Crippen molar-refractivity contribution in [2.24, 2.45) is 23.7 Å². The third-order valence-corrected chi connectivity index (χ3v) is 6.64. The molecule has 1 unspecified atom stereocenters. The second-order valence-electron chi connectivity index (χ2n) is 9.74. The van der Waals surface area contributed by atoms with Crippen LogP contribution in [0.15, 0.2) is 63.8 Å². The van der Waals surface area contributed by atoms with Gasteiger partial charge in [-0.1, -0.05) is 43.5 Å². The van der Waals surface area contributed by atoms with Gasteiger partial charge in [0.1, 0.15) is 17.1 Å². The van der Waals surface area contributed by atoms with E-state index in [2.05, 4.69) is 15.9 Å². The Hall–Kier alpha value is -4.62. The number of aromatic nitrogens is 3. The number of nitrogens with zero attached hydrogens (tertiary/aromatic N) is 6. The van der Waals surface area contributed by atoms with Crippen molar-refractivity contribution >= 4 is 40.5 Å². The van der Waals surface area contributed by atoms with Crippen molar-refractivity contribution in [1.82, 2.24) is 14.5 Å². The fourth-order valence-electron chi connectivity index (χ4n) is 4.49. The van der Waals surface area contributed by atoms with Gasteiger partial charge in [0.15, 0.2) is 0 Å². The lowest BCUT2D eigenvalue weighted by molar-refractivity contribution is -0.114. The number of hydrogen-bond acceptors (Lipinski definition) is 8. The zero-order chi connectivity index (χ0) is 29.3. The molecule has 0 radical (unpaired) electrons. The van der Waals surface area contributed by atoms with Crippen LogP contribution in [0.3, 0.4) is 0 Å². The number of nitrogens with two attached hydrogens (primary N) is 1. The molecule has 0 saturated carbocycles. The molecule has 1 amide bonds. The van der Waals surface area contributed by atoms with E-state index < -0.39 is 17.5 Å². The van der Waals surface area contributed by atoms with E-state index in [4.69, 9.17) is 33.5 Å². The average molecular weight is 560 g/mol. The van der Waals surface area contributed by atoms with Crippen LogP contribution in [-0.2, 0) is 11.8 Å². The summed E-state index contributed by atoms with van der Waals surface area (Å²) < 4.78 is 6.83. The normalized spacial score (nSPS) is 15.6. The van der Waals surface area contributed by atoms with Crippen molar-refractivity contribution in [3.05, 3.63) is 80.5 Å². The number of hydrogen-bond donors (Lipinski definition) is 1. The first-order valence-electron chi connectivity index (χ1n) is 12.4. The Morgan fingerprint density at radius 2 is 1.93 bits per heavy atom. The molecular formula is C29H30ClN7O3. The molecule has 0 bridgehead atoms. The van der Waals surface area contributed by atoms with Gasteiger partial charge < -0.3 is 19.9 Å². The van der Waals surface area contributed by atoms with Crippen LogP contribution in [0.5, 0.6) is 5.88 Å². The van der Waals surface area contributed by atoms with E-state index in [0.717, 1.165) is 0 Å². The molecular weight excluding hydrogens is 530 g/mol. The topological polar surface area (TPSA) is 119 Å². The summed E-state index contributed by atoms with van der Waals surface area (Å²) in [6.45, 7) is 3.87. The summed E-state index contributed by atoms with van der Waals surface area (Å²) in [4.78, 5) is 43.9. The lowest BCUT2D eigenvalue weighted by Gasteiger charge is -2.28. The highest BCUT2D eigenvalue weighted by Crippen LogP contribution is 2.42. The second-order valence-corrected chi connectivity index (χ2v) is 10.2. The van der Waals surface area contributed by atoms with Crippen LogP contribution < -0.4 is 25.8 Å². The molecule has 1 atom stereocenters. The first-order chi connectivity index (χ1) is 19.0. The van der Waals surface area contributed by atoms with Gasteiger partial charge in [-0.15, -0.1) is 6.42 Å². The predicted molar refractivity (Wildman–Crippen MR) is 157 cm³/mol. The van der Waals surface area contributed by atoms with Gasteiger partial charge in [-0.25, -0.2) is 9.98 Å². The maximum absolute atomic E-state index is 13.8. The number of carbonyl (C=O) groups is 1. The summed E-state index contributed by atoms with van der Waals surface area (Å²) in [5.74, 6) is 2.56. The first kappa shape index (κ1) is 28.4. The fourth-order valence-corrected chi connectivity index (χ4v) is 4.74. The van der Waals surface area contributed by atoms with Gasteiger partial charge >= 0.3 is 0 Å². The van der Waals surface area contributed by atoms with Crippen molar-refractivity contribution in [2.75, 3.05) is 31.0 Å². The number of ether oxygens (including phenoxy) is 1. The summed E-state index contributed by atoms with van der Waals surface area (Å²) in [7, 11) is 6.70. The van der Waals surface area contributed by atoms with Crippen molar-refractivity contribution in [3.8, 4) is 18.2 Å². The summed E-state index contributed by atoms with van der Waals surface area (Å²) >= 11 is 6.32. The van der Waals surface area contributed by atoms with E-state index in [1.54, 1.807) is 42.4 Å². The van der Waals surface area contributed by atoms with Gasteiger partial charge in [0.25, 0.3) is 11.5 Å². The molecule has 0 aliphatic carbocycles. The Bertz CT molecular complexity index is 1630. The number of pyridine rings is 1. The van der Waals surface area contributed by atoms with E-state index in [1.807, 2.05) is 27.9 Å². The van der Waals surface area contributed by atoms with Crippen LogP contribution in [0.1, 0.15) is 31.0 Å². The summed E-state index contributed by atoms with van der Waals surface area (Å²) in [5, 5.41) is 0.291. The summed E-state index contributed by atoms with van der Waals surface area (Å²) in [6, 6.07) is 7.82. The zero-order valence-corrected chi connectivity index (χ0v) is 23.9. The quantitative estimate of drug-likeness (QED) is 0.347. The van der Waals surface area contributed by atoms with Crippen LogP contribution in [0.4, 0.5) is 17.3 Å². The summed E-state index contributed by atoms with van der Waals surface area (Å²) in [5.41, 5.74) is 8.87. The Morgan fingerprint density at radius 1 is 1.25 bits per heavy atom. The number of rotatable bonds is 7. The SMILES string of the molecule is C#Cc1ccc(C2C(C(=Nc3cnc(N(C)C)nc3OC)C(C)C)=C(N)C(=O)N2c2cc(Cl)cn(C)c2=O)cc1. The van der Waals surface area contributed by atoms with Crippen molar-refractivity contribution < 1.29 is 9.53 Å². The largest absolute Gasteiger partial charge is 0.479 e. The molecule has 1 aliphatic heterocycles. The minimum atomic E-state index is -0.792. The van der Waals surface area contributed by atoms with Gasteiger partial charge in [-0.2, -0.15) is 4.98 Å². The Morgan fingerprint density at radius 3 is 2.50 bits per heavy atom. The molecule has 10 nitrogen and oxygen atoms in total. The van der Waals surface area contributed by atoms with Gasteiger partial charge in [0, 0.05) is 38.5 Å². The predicted octanol–water partition coefficient (Wildman–Crippen LogP) is 3.61. The molecule has 2 N–H and O–H groups in total. The van der Waals surface area contributed by atoms with Crippen molar-refractivity contribution in [1.29, 1.82) is 0 Å². The molecule has 3 aromatic rings. The zero-order valence-electron chi connectivity index (χ0n) is 23.1. The average Bonchev–Trinajstić information content (AvgIpc) is 3.18. The number of anilines is 2. The smallest absolute Gasteiger partial charge is 0.275 e. The van der Waals surface area contributed by atoms with Gasteiger partial charge in [-0.3, -0.25) is 14.5 Å². The fraction of sp³-hybridized carbons (Fsp3) is 0.276. The standard InChI is InChI=1S/C29H30ClN7O3/c1-8-17-9-11-18(12-10-17)25-22(23(31)28(39)37(25)21-13-19(30)15-36(6)27(21)38)24(16(2)3)33-20-14-32-29(35(4)5)34-26(20)40-7/h1,9-16,25H,31H2,2-7H3. The minimum Gasteiger partial charge on any atom is -0.479 e. The van der Waals surface area contributed by atoms with Gasteiger partial charge in [0.05, 0.1) is 30.1 Å². The van der Waals surface area contributed by atoms with E-state index in [0.29, 0.717) is 39.1 Å². The first-order valence-corrected chi connectivity index (χ1v) is 12.8. The van der Waals surface area contributed by atoms with Crippen LogP contribution in [0.2, 0.25) is 5.02 Å². The monoisotopic (exact) mass is 559 g/mol. The number of terminal acetylenes is 1. The lowest BCUT2D eigenvalue weighted by atomic mass is 9.89. The molecule has 40 heavy (non-hydrogen) atoms. The molecule has 0 fully saturated rings. The van der Waals surface area contributed by atoms with E-state index in [9.17, 15) is 9.59 Å². The number of amides is 1. The Balaban J connectivity index is 1.99. The van der Waals surface area contributed by atoms with Crippen molar-refractivity contribution in [2.45, 2.75) is 19.9 Å². The van der Waals surface area contributed by atoms with Crippen LogP contribution in [0, 0.1) is 18.3 Å². The molecule has 1 aliphatic rings. The van der Waals surface area contributed by atoms with E-state index in [-0.39, 0.29) is 23.2 Å². The highest BCUT2D eigenvalue weighted by molar-refractivity contribution is 6.31. The maximum atomic E-state index is 13.8. The number of benzene rings is 1. The summed E-state index contributed by atoms with van der Waals surface area (Å²) in [6.07, 6.45) is 8.61. The third kappa shape index (κ3) is 5.16. The third-order valence-electron chi connectivity index (χ3n) is 6.43. The van der Waals surface area contributed by atoms with Gasteiger partial charge in [0.2, 0.25) is 11.8 Å². The number of methoxy groups -OCH3 is 1. The number of halogens is 1. The molecule has 3 heterocycles. The highest BCUT2D eigenvalue weighted by Gasteiger charge is 2.43. The van der Waals surface area contributed by atoms with Crippen LogP contribution in [0.25, 0.3) is 0 Å². The molecule has 4 rings (SSSR count). The van der Waals surface area contributed by atoms with E-state index >= 15 is 0 Å². The Kier molecular flexibility index (Phi) is 7.98. The molecule has 206 valence electrons. The molecule has 1 aromatic carbocycles. The number of aryl methyl sites for hydroxylation is 1. The van der Waals surface area contributed by atoms with Crippen molar-refractivity contribution in [3.63, 3.8) is 0 Å². The molecule has 2 aromatic heterocycles. The van der Waals surface area contributed by atoms with Gasteiger partial charge in [-0.05, 0) is 29.7 Å². The van der Waals surface area contributed by atoms with E-state index in [1.165, 1.54) is 28.8 Å². The lowest BCUT2D eigenvalue weighted by Crippen LogP contribution is -2.37. The maximum Gasteiger partial charge on any atom is 0.275 e. The van der Waals surface area contributed by atoms with Crippen LogP contribution >= 0.6 is 11.6 Å². The van der Waals surface area contributed by atoms with Crippen LogP contribution in [-0.4, -0.2) is 47.4 Å². The molecule has 0 saturated heterocycles. The number of carbonyl (C=O) groups excluding carboxylic acids is 1. The number of aliphatic imine (C=N–C) groups is 1. The molecule has 11 heteroatoms.